The van der Waals surface area contributed by atoms with E-state index in [0.717, 1.165) is 12.8 Å². The zero-order valence-corrected chi connectivity index (χ0v) is 12.7. The Labute approximate surface area is 132 Å². The molecule has 3 heterocycles. The van der Waals surface area contributed by atoms with Crippen molar-refractivity contribution in [3.05, 3.63) is 42.1 Å². The summed E-state index contributed by atoms with van der Waals surface area (Å²) in [6, 6.07) is 1.56. The van der Waals surface area contributed by atoms with Crippen LogP contribution in [0.4, 0.5) is 0 Å². The predicted molar refractivity (Wildman–Crippen MR) is 79.1 cm³/mol. The van der Waals surface area contributed by atoms with Crippen molar-refractivity contribution in [1.29, 1.82) is 0 Å². The van der Waals surface area contributed by atoms with Crippen LogP contribution < -0.4 is 5.32 Å². The number of nitrogens with zero attached hydrogens (tertiary/aromatic N) is 4. The Morgan fingerprint density at radius 2 is 2.35 bits per heavy atom. The van der Waals surface area contributed by atoms with Gasteiger partial charge in [0.1, 0.15) is 0 Å². The van der Waals surface area contributed by atoms with Gasteiger partial charge in [-0.05, 0) is 18.9 Å². The maximum atomic E-state index is 12.5. The molecule has 0 unspecified atom stereocenters. The number of hydrogen-bond donors (Lipinski definition) is 1. The van der Waals surface area contributed by atoms with Gasteiger partial charge in [0.05, 0.1) is 24.5 Å². The van der Waals surface area contributed by atoms with Crippen LogP contribution in [0.3, 0.4) is 0 Å². The first-order chi connectivity index (χ1) is 11.1. The van der Waals surface area contributed by atoms with Crippen LogP contribution in [-0.2, 0) is 11.3 Å². The average molecular weight is 315 g/mol. The monoisotopic (exact) mass is 315 g/mol. The number of carbonyl (C=O) groups is 2. The molecule has 0 spiro atoms. The number of aromatic nitrogens is 3. The van der Waals surface area contributed by atoms with E-state index in [9.17, 15) is 9.59 Å². The third-order valence-electron chi connectivity index (χ3n) is 3.71. The van der Waals surface area contributed by atoms with Crippen LogP contribution in [0.5, 0.6) is 0 Å². The fourth-order valence-electron chi connectivity index (χ4n) is 2.63. The number of likely N-dealkylation sites (tertiary alicyclic amines) is 1. The molecule has 1 atom stereocenters. The molecule has 120 valence electrons. The molecule has 2 amide bonds. The van der Waals surface area contributed by atoms with E-state index in [0.29, 0.717) is 24.6 Å². The first-order valence-electron chi connectivity index (χ1n) is 7.41. The minimum absolute atomic E-state index is 0.117. The fourth-order valence-corrected chi connectivity index (χ4v) is 2.63. The summed E-state index contributed by atoms with van der Waals surface area (Å²) < 4.78 is 5.09. The van der Waals surface area contributed by atoms with Gasteiger partial charge in [0.25, 0.3) is 5.91 Å². The normalized spacial score (nSPS) is 17.3. The Bertz CT molecular complexity index is 701. The molecule has 1 saturated heterocycles. The van der Waals surface area contributed by atoms with Gasteiger partial charge < -0.3 is 14.6 Å². The number of hydrogen-bond acceptors (Lipinski definition) is 6. The molecule has 1 N–H and O–H groups in total. The van der Waals surface area contributed by atoms with E-state index in [1.54, 1.807) is 17.2 Å². The molecule has 0 bridgehead atoms. The zero-order chi connectivity index (χ0) is 16.2. The fraction of sp³-hybridized carbons (Fsp3) is 0.400. The van der Waals surface area contributed by atoms with Gasteiger partial charge in [-0.2, -0.15) is 0 Å². The average Bonchev–Trinajstić information content (AvgIpc) is 3.23. The minimum Gasteiger partial charge on any atom is -0.438 e. The molecular weight excluding hydrogens is 298 g/mol. The maximum absolute atomic E-state index is 12.5. The third-order valence-corrected chi connectivity index (χ3v) is 3.71. The molecule has 1 fully saturated rings. The lowest BCUT2D eigenvalue weighted by molar-refractivity contribution is -0.119. The standard InChI is InChI=1S/C15H17N5O3/c1-10(21)18-7-11-4-5-17-14(19-11)12-3-2-6-20(12)15(22)13-8-16-9-23-13/h4-5,8-9,12H,2-3,6-7H2,1H3,(H,18,21)/t12-/m1/s1. The van der Waals surface area contributed by atoms with Crippen LogP contribution in [0, 0.1) is 0 Å². The zero-order valence-electron chi connectivity index (χ0n) is 12.7. The smallest absolute Gasteiger partial charge is 0.291 e. The SMILES string of the molecule is CC(=O)NCc1ccnc([C@H]2CCCN2C(=O)c2cnco2)n1. The van der Waals surface area contributed by atoms with Crippen molar-refractivity contribution in [2.75, 3.05) is 6.54 Å². The molecule has 8 nitrogen and oxygen atoms in total. The number of carbonyl (C=O) groups excluding carboxylic acids is 2. The molecule has 0 saturated carbocycles. The van der Waals surface area contributed by atoms with Crippen LogP contribution in [0.25, 0.3) is 0 Å². The summed E-state index contributed by atoms with van der Waals surface area (Å²) in [6.07, 6.45) is 5.97. The van der Waals surface area contributed by atoms with Gasteiger partial charge in [-0.25, -0.2) is 15.0 Å². The molecule has 23 heavy (non-hydrogen) atoms. The quantitative estimate of drug-likeness (QED) is 0.906. The van der Waals surface area contributed by atoms with Crippen LogP contribution in [0.15, 0.2) is 29.3 Å². The second kappa shape index (κ2) is 6.55. The van der Waals surface area contributed by atoms with Gasteiger partial charge in [-0.15, -0.1) is 0 Å². The van der Waals surface area contributed by atoms with Gasteiger partial charge in [0.2, 0.25) is 11.7 Å². The second-order valence-corrected chi connectivity index (χ2v) is 5.34. The lowest BCUT2D eigenvalue weighted by atomic mass is 10.2. The Morgan fingerprint density at radius 3 is 3.09 bits per heavy atom. The van der Waals surface area contributed by atoms with Crippen molar-refractivity contribution in [1.82, 2.24) is 25.2 Å². The summed E-state index contributed by atoms with van der Waals surface area (Å²) in [5.41, 5.74) is 0.712. The first-order valence-corrected chi connectivity index (χ1v) is 7.41. The molecule has 1 aliphatic rings. The van der Waals surface area contributed by atoms with Crippen molar-refractivity contribution in [2.24, 2.45) is 0 Å². The molecule has 2 aromatic rings. The summed E-state index contributed by atoms with van der Waals surface area (Å²) >= 11 is 0. The van der Waals surface area contributed by atoms with Crippen LogP contribution >= 0.6 is 0 Å². The number of oxazole rings is 1. The second-order valence-electron chi connectivity index (χ2n) is 5.34. The van der Waals surface area contributed by atoms with E-state index < -0.39 is 0 Å². The van der Waals surface area contributed by atoms with Crippen LogP contribution in [0.1, 0.15) is 47.9 Å². The lowest BCUT2D eigenvalue weighted by Crippen LogP contribution is -2.31. The van der Waals surface area contributed by atoms with Crippen LogP contribution in [-0.4, -0.2) is 38.2 Å². The first kappa shape index (κ1) is 15.1. The van der Waals surface area contributed by atoms with E-state index in [1.807, 2.05) is 0 Å². The summed E-state index contributed by atoms with van der Waals surface area (Å²) in [4.78, 5) is 37.7. The molecule has 3 rings (SSSR count). The molecular formula is C15H17N5O3. The number of nitrogens with one attached hydrogen (secondary N) is 1. The molecule has 0 aliphatic carbocycles. The van der Waals surface area contributed by atoms with Gasteiger partial charge in [-0.1, -0.05) is 0 Å². The van der Waals surface area contributed by atoms with Gasteiger partial charge >= 0.3 is 0 Å². The van der Waals surface area contributed by atoms with Crippen molar-refractivity contribution in [3.8, 4) is 0 Å². The highest BCUT2D eigenvalue weighted by Gasteiger charge is 2.33. The molecule has 2 aromatic heterocycles. The molecule has 0 aromatic carbocycles. The largest absolute Gasteiger partial charge is 0.438 e. The van der Waals surface area contributed by atoms with Crippen molar-refractivity contribution < 1.29 is 14.0 Å². The van der Waals surface area contributed by atoms with Gasteiger partial charge in [-0.3, -0.25) is 9.59 Å². The highest BCUT2D eigenvalue weighted by molar-refractivity contribution is 5.91. The summed E-state index contributed by atoms with van der Waals surface area (Å²) in [5.74, 6) is 0.471. The number of amides is 2. The Hall–Kier alpha value is -2.77. The summed E-state index contributed by atoms with van der Waals surface area (Å²) in [7, 11) is 0. The van der Waals surface area contributed by atoms with Crippen LogP contribution in [0.2, 0.25) is 0 Å². The third kappa shape index (κ3) is 3.36. The highest BCUT2D eigenvalue weighted by Crippen LogP contribution is 2.31. The van der Waals surface area contributed by atoms with Crippen molar-refractivity contribution in [3.63, 3.8) is 0 Å². The van der Waals surface area contributed by atoms with Gasteiger partial charge in [0.15, 0.2) is 12.2 Å². The number of rotatable bonds is 4. The topological polar surface area (TPSA) is 101 Å². The van der Waals surface area contributed by atoms with E-state index in [2.05, 4.69) is 20.3 Å². The van der Waals surface area contributed by atoms with Gasteiger partial charge in [0, 0.05) is 19.7 Å². The molecule has 1 aliphatic heterocycles. The lowest BCUT2D eigenvalue weighted by Gasteiger charge is -2.22. The summed E-state index contributed by atoms with van der Waals surface area (Å²) in [6.45, 7) is 2.42. The predicted octanol–water partition coefficient (Wildman–Crippen LogP) is 1.08. The molecule has 0 radical (unpaired) electrons. The Morgan fingerprint density at radius 1 is 1.48 bits per heavy atom. The Balaban J connectivity index is 1.78. The molecule has 8 heteroatoms. The van der Waals surface area contributed by atoms with Crippen molar-refractivity contribution in [2.45, 2.75) is 32.4 Å². The summed E-state index contributed by atoms with van der Waals surface area (Å²) in [5, 5.41) is 2.70. The Kier molecular flexibility index (Phi) is 4.31. The highest BCUT2D eigenvalue weighted by atomic mass is 16.3. The van der Waals surface area contributed by atoms with Crippen molar-refractivity contribution >= 4 is 11.8 Å². The maximum Gasteiger partial charge on any atom is 0.291 e. The van der Waals surface area contributed by atoms with E-state index in [-0.39, 0.29) is 23.6 Å². The van der Waals surface area contributed by atoms with E-state index >= 15 is 0 Å². The van der Waals surface area contributed by atoms with E-state index in [1.165, 1.54) is 19.5 Å². The van der Waals surface area contributed by atoms with E-state index in [4.69, 9.17) is 4.42 Å². The minimum atomic E-state index is -0.208.